The summed E-state index contributed by atoms with van der Waals surface area (Å²) in [4.78, 5) is 36.4. The SMILES string of the molecule is C1CCN(C2COC2)CC1.COc1cc(C(=O)Nc2ccc3c(c2)OC(F)(F)O3)c(NC(=O)c2c(OC)ccnc2N)cn1. The van der Waals surface area contributed by atoms with E-state index in [4.69, 9.17) is 19.9 Å². The van der Waals surface area contributed by atoms with Gasteiger partial charge >= 0.3 is 6.29 Å². The summed E-state index contributed by atoms with van der Waals surface area (Å²) < 4.78 is 50.6. The molecular weight excluding hydrogens is 582 g/mol. The number of likely N-dealkylation sites (tertiary alicyclic amines) is 1. The van der Waals surface area contributed by atoms with Crippen LogP contribution in [0.15, 0.2) is 42.7 Å². The molecule has 234 valence electrons. The zero-order chi connectivity index (χ0) is 31.3. The normalized spacial score (nSPS) is 17.0. The predicted octanol–water partition coefficient (Wildman–Crippen LogP) is 3.77. The quantitative estimate of drug-likeness (QED) is 0.356. The second kappa shape index (κ2) is 13.3. The van der Waals surface area contributed by atoms with Crippen molar-refractivity contribution in [1.82, 2.24) is 14.9 Å². The van der Waals surface area contributed by atoms with Crippen LogP contribution in [0.4, 0.5) is 26.0 Å². The lowest BCUT2D eigenvalue weighted by Crippen LogP contribution is -2.50. The van der Waals surface area contributed by atoms with Crippen molar-refractivity contribution in [2.24, 2.45) is 0 Å². The van der Waals surface area contributed by atoms with Crippen LogP contribution in [-0.2, 0) is 4.74 Å². The van der Waals surface area contributed by atoms with Gasteiger partial charge in [0.25, 0.3) is 11.8 Å². The van der Waals surface area contributed by atoms with Crippen molar-refractivity contribution in [3.05, 3.63) is 53.9 Å². The lowest BCUT2D eigenvalue weighted by molar-refractivity contribution is -0.286. The van der Waals surface area contributed by atoms with Gasteiger partial charge in [0.05, 0.1) is 50.9 Å². The van der Waals surface area contributed by atoms with E-state index in [0.29, 0.717) is 0 Å². The van der Waals surface area contributed by atoms with Crippen LogP contribution in [0.3, 0.4) is 0 Å². The van der Waals surface area contributed by atoms with Crippen molar-refractivity contribution in [2.75, 3.05) is 56.9 Å². The first-order valence-electron chi connectivity index (χ1n) is 13.8. The molecule has 3 aliphatic heterocycles. The molecule has 3 aliphatic rings. The minimum absolute atomic E-state index is 0.0147. The maximum Gasteiger partial charge on any atom is 0.586 e. The Balaban J connectivity index is 0.000000322. The Morgan fingerprint density at radius 1 is 0.977 bits per heavy atom. The molecule has 0 unspecified atom stereocenters. The Morgan fingerprint density at radius 3 is 2.41 bits per heavy atom. The van der Waals surface area contributed by atoms with Gasteiger partial charge in [-0.15, -0.1) is 8.78 Å². The van der Waals surface area contributed by atoms with Gasteiger partial charge in [-0.2, -0.15) is 0 Å². The maximum absolute atomic E-state index is 13.3. The third-order valence-electron chi connectivity index (χ3n) is 7.16. The van der Waals surface area contributed by atoms with Crippen LogP contribution in [0.25, 0.3) is 0 Å². The Hall–Kier alpha value is -4.76. The van der Waals surface area contributed by atoms with E-state index < -0.39 is 18.1 Å². The number of aromatic nitrogens is 2. The second-order valence-corrected chi connectivity index (χ2v) is 10.1. The molecule has 1 aromatic carbocycles. The number of nitrogens with two attached hydrogens (primary N) is 1. The molecule has 0 aliphatic carbocycles. The zero-order valence-electron chi connectivity index (χ0n) is 24.1. The number of carbonyl (C=O) groups excluding carboxylic acids is 2. The standard InChI is InChI=1S/C21H17F2N5O6.C8H15NO/c1-31-14-5-6-25-18(24)17(14)20(30)28-12-9-26-16(32-2)8-11(12)19(29)27-10-3-4-13-15(7-10)34-21(22,23)33-13;1-2-4-9(5-3-1)8-6-10-7-8/h3-9H,1-2H3,(H2,24,25)(H,27,29)(H,28,30);8H,1-7H2. The monoisotopic (exact) mass is 614 g/mol. The molecule has 0 spiro atoms. The first kappa shape index (κ1) is 30.7. The van der Waals surface area contributed by atoms with Crippen molar-refractivity contribution in [3.8, 4) is 23.1 Å². The number of halogens is 2. The van der Waals surface area contributed by atoms with Gasteiger partial charge in [-0.25, -0.2) is 9.97 Å². The molecule has 2 aromatic heterocycles. The number of hydrogen-bond acceptors (Lipinski definition) is 11. The Labute approximate surface area is 251 Å². The van der Waals surface area contributed by atoms with E-state index in [0.717, 1.165) is 19.3 Å². The summed E-state index contributed by atoms with van der Waals surface area (Å²) in [6, 6.07) is 7.26. The van der Waals surface area contributed by atoms with E-state index in [1.165, 1.54) is 89.3 Å². The summed E-state index contributed by atoms with van der Waals surface area (Å²) in [5.41, 5.74) is 5.89. The molecule has 0 bridgehead atoms. The summed E-state index contributed by atoms with van der Waals surface area (Å²) in [6.07, 6.45) is 3.03. The highest BCUT2D eigenvalue weighted by atomic mass is 19.3. The molecule has 0 atom stereocenters. The average Bonchev–Trinajstić information content (AvgIpc) is 3.30. The number of nitrogens with one attached hydrogen (secondary N) is 2. The first-order valence-corrected chi connectivity index (χ1v) is 13.8. The van der Waals surface area contributed by atoms with E-state index in [2.05, 4.69) is 35.0 Å². The summed E-state index contributed by atoms with van der Waals surface area (Å²) in [5.74, 6) is -1.64. The van der Waals surface area contributed by atoms with Gasteiger partial charge in [0.1, 0.15) is 17.1 Å². The number of amides is 2. The number of alkyl halides is 2. The molecule has 2 fully saturated rings. The average molecular weight is 615 g/mol. The molecule has 6 rings (SSSR count). The lowest BCUT2D eigenvalue weighted by atomic mass is 10.1. The van der Waals surface area contributed by atoms with Crippen LogP contribution in [0.1, 0.15) is 40.0 Å². The highest BCUT2D eigenvalue weighted by molar-refractivity contribution is 6.14. The number of pyridine rings is 2. The van der Waals surface area contributed by atoms with E-state index in [9.17, 15) is 18.4 Å². The number of benzene rings is 1. The van der Waals surface area contributed by atoms with Gasteiger partial charge in [-0.05, 0) is 44.1 Å². The summed E-state index contributed by atoms with van der Waals surface area (Å²) in [5, 5.41) is 5.09. The number of methoxy groups -OCH3 is 2. The molecule has 3 aromatic rings. The van der Waals surface area contributed by atoms with Crippen LogP contribution < -0.4 is 35.3 Å². The van der Waals surface area contributed by atoms with E-state index in [1.54, 1.807) is 0 Å². The highest BCUT2D eigenvalue weighted by Crippen LogP contribution is 2.42. The first-order chi connectivity index (χ1) is 21.2. The molecule has 0 saturated carbocycles. The number of anilines is 3. The fourth-order valence-corrected chi connectivity index (χ4v) is 4.82. The van der Waals surface area contributed by atoms with Crippen LogP contribution in [0.2, 0.25) is 0 Å². The molecule has 44 heavy (non-hydrogen) atoms. The molecular formula is C29H32F2N6O7. The van der Waals surface area contributed by atoms with Crippen molar-refractivity contribution in [1.29, 1.82) is 0 Å². The van der Waals surface area contributed by atoms with Gasteiger partial charge < -0.3 is 40.1 Å². The second-order valence-electron chi connectivity index (χ2n) is 10.1. The number of ether oxygens (including phenoxy) is 5. The van der Waals surface area contributed by atoms with Crippen molar-refractivity contribution in [3.63, 3.8) is 0 Å². The molecule has 13 nitrogen and oxygen atoms in total. The minimum atomic E-state index is -3.80. The zero-order valence-corrected chi connectivity index (χ0v) is 24.1. The molecule has 2 amide bonds. The number of nitrogens with zero attached hydrogens (tertiary/aromatic N) is 3. The van der Waals surface area contributed by atoms with Crippen molar-refractivity contribution < 1.29 is 42.1 Å². The third kappa shape index (κ3) is 7.06. The molecule has 0 radical (unpaired) electrons. The smallest absolute Gasteiger partial charge is 0.496 e. The number of carbonyl (C=O) groups is 2. The van der Waals surface area contributed by atoms with E-state index >= 15 is 0 Å². The predicted molar refractivity (Wildman–Crippen MR) is 155 cm³/mol. The summed E-state index contributed by atoms with van der Waals surface area (Å²) >= 11 is 0. The van der Waals surface area contributed by atoms with Gasteiger partial charge in [0, 0.05) is 24.0 Å². The number of hydrogen-bond donors (Lipinski definition) is 3. The van der Waals surface area contributed by atoms with Crippen LogP contribution >= 0.6 is 0 Å². The van der Waals surface area contributed by atoms with Gasteiger partial charge in [0.15, 0.2) is 11.5 Å². The lowest BCUT2D eigenvalue weighted by Gasteiger charge is -2.39. The number of piperidine rings is 1. The number of rotatable bonds is 7. The maximum atomic E-state index is 13.3. The third-order valence-corrected chi connectivity index (χ3v) is 7.16. The Bertz CT molecular complexity index is 1520. The topological polar surface area (TPSA) is 159 Å². The van der Waals surface area contributed by atoms with Crippen molar-refractivity contribution in [2.45, 2.75) is 31.6 Å². The van der Waals surface area contributed by atoms with Crippen LogP contribution in [-0.4, -0.2) is 79.5 Å². The largest absolute Gasteiger partial charge is 0.586 e. The van der Waals surface area contributed by atoms with Gasteiger partial charge in [-0.3, -0.25) is 14.5 Å². The molecule has 2 saturated heterocycles. The molecule has 5 heterocycles. The van der Waals surface area contributed by atoms with Gasteiger partial charge in [0.2, 0.25) is 5.88 Å². The number of nitrogen functional groups attached to an aromatic ring is 1. The Kier molecular flexibility index (Phi) is 9.25. The highest BCUT2D eigenvalue weighted by Gasteiger charge is 2.43. The molecule has 4 N–H and O–H groups in total. The summed E-state index contributed by atoms with van der Waals surface area (Å²) in [6.45, 7) is 4.60. The fourth-order valence-electron chi connectivity index (χ4n) is 4.82. The Morgan fingerprint density at radius 2 is 1.73 bits per heavy atom. The number of fused-ring (bicyclic) bond motifs is 1. The minimum Gasteiger partial charge on any atom is -0.496 e. The van der Waals surface area contributed by atoms with Gasteiger partial charge in [-0.1, -0.05) is 6.42 Å². The fraction of sp³-hybridized carbons (Fsp3) is 0.379. The van der Waals surface area contributed by atoms with E-state index in [-0.39, 0.29) is 51.4 Å². The van der Waals surface area contributed by atoms with Crippen LogP contribution in [0.5, 0.6) is 23.1 Å². The van der Waals surface area contributed by atoms with Crippen molar-refractivity contribution >= 4 is 29.0 Å². The van der Waals surface area contributed by atoms with Crippen LogP contribution in [0, 0.1) is 0 Å². The molecule has 15 heteroatoms. The summed E-state index contributed by atoms with van der Waals surface area (Å²) in [7, 11) is 2.71. The van der Waals surface area contributed by atoms with E-state index in [1.807, 2.05) is 0 Å².